The van der Waals surface area contributed by atoms with Crippen LogP contribution in [-0.4, -0.2) is 25.1 Å². The van der Waals surface area contributed by atoms with Crippen LogP contribution in [0.4, 0.5) is 11.5 Å². The minimum Gasteiger partial charge on any atom is -0.358 e. The maximum atomic E-state index is 4.72. The van der Waals surface area contributed by atoms with Gasteiger partial charge in [0.2, 0.25) is 0 Å². The van der Waals surface area contributed by atoms with Gasteiger partial charge in [-0.3, -0.25) is 5.10 Å². The molecular formula is C24H24N6. The normalized spacial score (nSPS) is 11.6. The van der Waals surface area contributed by atoms with Crippen LogP contribution >= 0.6 is 0 Å². The van der Waals surface area contributed by atoms with Gasteiger partial charge >= 0.3 is 0 Å². The summed E-state index contributed by atoms with van der Waals surface area (Å²) < 4.78 is 0. The summed E-state index contributed by atoms with van der Waals surface area (Å²) in [7, 11) is 0. The quantitative estimate of drug-likeness (QED) is 0.337. The second-order valence-corrected chi connectivity index (χ2v) is 8.09. The minimum atomic E-state index is 0.699. The fourth-order valence-electron chi connectivity index (χ4n) is 3.64. The molecule has 0 atom stereocenters. The fourth-order valence-corrected chi connectivity index (χ4v) is 3.64. The number of anilines is 2. The smallest absolute Gasteiger partial charge is 0.161 e. The summed E-state index contributed by atoms with van der Waals surface area (Å²) in [5.41, 5.74) is 5.37. The van der Waals surface area contributed by atoms with Crippen molar-refractivity contribution in [3.63, 3.8) is 0 Å². The highest BCUT2D eigenvalue weighted by Crippen LogP contribution is 2.25. The van der Waals surface area contributed by atoms with E-state index in [-0.39, 0.29) is 0 Å². The van der Waals surface area contributed by atoms with Crippen molar-refractivity contribution in [2.24, 2.45) is 5.92 Å². The molecule has 5 rings (SSSR count). The molecule has 3 aromatic heterocycles. The van der Waals surface area contributed by atoms with Crippen LogP contribution < -0.4 is 5.32 Å². The average molecular weight is 396 g/mol. The predicted octanol–water partition coefficient (Wildman–Crippen LogP) is 5.83. The number of rotatable bonds is 6. The topological polar surface area (TPSA) is 82.3 Å². The molecule has 0 saturated carbocycles. The molecule has 3 N–H and O–H groups in total. The number of benzene rings is 2. The highest BCUT2D eigenvalue weighted by atomic mass is 15.1. The van der Waals surface area contributed by atoms with Crippen molar-refractivity contribution < 1.29 is 0 Å². The highest BCUT2D eigenvalue weighted by Gasteiger charge is 2.08. The Balaban J connectivity index is 1.40. The Morgan fingerprint density at radius 3 is 2.80 bits per heavy atom. The summed E-state index contributed by atoms with van der Waals surface area (Å²) in [6, 6.07) is 16.5. The zero-order valence-electron chi connectivity index (χ0n) is 17.1. The first-order chi connectivity index (χ1) is 14.6. The van der Waals surface area contributed by atoms with E-state index in [1.54, 1.807) is 6.20 Å². The van der Waals surface area contributed by atoms with Crippen molar-refractivity contribution in [1.82, 2.24) is 25.1 Å². The molecule has 6 heteroatoms. The minimum absolute atomic E-state index is 0.699. The molecule has 0 saturated heterocycles. The van der Waals surface area contributed by atoms with Gasteiger partial charge in [-0.05, 0) is 60.5 Å². The molecule has 3 heterocycles. The van der Waals surface area contributed by atoms with Gasteiger partial charge in [0.05, 0.1) is 11.7 Å². The molecule has 0 unspecified atom stereocenters. The summed E-state index contributed by atoms with van der Waals surface area (Å²) in [6.45, 7) is 4.51. The summed E-state index contributed by atoms with van der Waals surface area (Å²) in [6.07, 6.45) is 5.85. The maximum Gasteiger partial charge on any atom is 0.161 e. The molecule has 0 fully saturated rings. The van der Waals surface area contributed by atoms with E-state index in [0.717, 1.165) is 39.9 Å². The standard InChI is InChI=1S/C24H24N6/c1-15(2)3-6-19-11-16-4-5-17(13-22(16)27-19)24-25-10-9-23(29-24)28-20-7-8-21-18(12-20)14-26-30-21/h4-5,7-15,27H,3,6H2,1-2H3,(H,26,30)(H,25,28,29). The zero-order valence-corrected chi connectivity index (χ0v) is 17.1. The Hall–Kier alpha value is -3.67. The molecular weight excluding hydrogens is 372 g/mol. The van der Waals surface area contributed by atoms with E-state index in [9.17, 15) is 0 Å². The maximum absolute atomic E-state index is 4.72. The number of nitrogens with zero attached hydrogens (tertiary/aromatic N) is 3. The Kier molecular flexibility index (Phi) is 4.67. The number of hydrogen-bond acceptors (Lipinski definition) is 4. The first kappa shape index (κ1) is 18.4. The molecule has 30 heavy (non-hydrogen) atoms. The molecule has 0 bridgehead atoms. The van der Waals surface area contributed by atoms with Crippen molar-refractivity contribution >= 4 is 33.3 Å². The number of aryl methyl sites for hydroxylation is 1. The van der Waals surface area contributed by atoms with E-state index >= 15 is 0 Å². The van der Waals surface area contributed by atoms with Gasteiger partial charge in [-0.2, -0.15) is 5.10 Å². The second kappa shape index (κ2) is 7.63. The van der Waals surface area contributed by atoms with Crippen molar-refractivity contribution in [2.45, 2.75) is 26.7 Å². The molecule has 0 amide bonds. The van der Waals surface area contributed by atoms with Crippen LogP contribution in [-0.2, 0) is 6.42 Å². The van der Waals surface area contributed by atoms with Gasteiger partial charge in [0, 0.05) is 34.0 Å². The molecule has 6 nitrogen and oxygen atoms in total. The van der Waals surface area contributed by atoms with Crippen LogP contribution in [0.2, 0.25) is 0 Å². The Labute approximate surface area is 174 Å². The van der Waals surface area contributed by atoms with E-state index in [1.165, 1.54) is 17.5 Å². The van der Waals surface area contributed by atoms with E-state index in [0.29, 0.717) is 11.7 Å². The Bertz CT molecular complexity index is 1310. The predicted molar refractivity (Wildman–Crippen MR) is 122 cm³/mol. The molecule has 0 spiro atoms. The van der Waals surface area contributed by atoms with Gasteiger partial charge in [0.25, 0.3) is 0 Å². The van der Waals surface area contributed by atoms with Gasteiger partial charge in [0.15, 0.2) is 5.82 Å². The first-order valence-corrected chi connectivity index (χ1v) is 10.3. The third-order valence-corrected chi connectivity index (χ3v) is 5.30. The molecule has 0 aliphatic rings. The lowest BCUT2D eigenvalue weighted by Gasteiger charge is -2.07. The number of hydrogen-bond donors (Lipinski definition) is 3. The van der Waals surface area contributed by atoms with Crippen LogP contribution in [0.15, 0.2) is 60.9 Å². The number of aromatic amines is 2. The molecule has 0 aliphatic carbocycles. The van der Waals surface area contributed by atoms with E-state index in [4.69, 9.17) is 4.98 Å². The molecule has 150 valence electrons. The van der Waals surface area contributed by atoms with E-state index in [1.807, 2.05) is 30.5 Å². The third kappa shape index (κ3) is 3.76. The van der Waals surface area contributed by atoms with Crippen molar-refractivity contribution in [3.8, 4) is 11.4 Å². The SMILES string of the molecule is CC(C)CCc1cc2ccc(-c3nccc(Nc4ccc5[nH]ncc5c4)n3)cc2[nH]1. The lowest BCUT2D eigenvalue weighted by atomic mass is 10.1. The van der Waals surface area contributed by atoms with Crippen LogP contribution in [0.1, 0.15) is 26.0 Å². The summed E-state index contributed by atoms with van der Waals surface area (Å²) in [5.74, 6) is 2.15. The van der Waals surface area contributed by atoms with Crippen molar-refractivity contribution in [1.29, 1.82) is 0 Å². The molecule has 5 aromatic rings. The van der Waals surface area contributed by atoms with Gasteiger partial charge in [-0.1, -0.05) is 26.0 Å². The summed E-state index contributed by atoms with van der Waals surface area (Å²) >= 11 is 0. The number of aromatic nitrogens is 5. The molecule has 0 radical (unpaired) electrons. The van der Waals surface area contributed by atoms with Gasteiger partial charge < -0.3 is 10.3 Å². The van der Waals surface area contributed by atoms with Crippen LogP contribution in [0.3, 0.4) is 0 Å². The third-order valence-electron chi connectivity index (χ3n) is 5.30. The summed E-state index contributed by atoms with van der Waals surface area (Å²) in [5, 5.41) is 12.7. The number of nitrogens with one attached hydrogen (secondary N) is 3. The lowest BCUT2D eigenvalue weighted by Crippen LogP contribution is -1.96. The lowest BCUT2D eigenvalue weighted by molar-refractivity contribution is 0.583. The molecule has 2 aromatic carbocycles. The van der Waals surface area contributed by atoms with Crippen molar-refractivity contribution in [2.75, 3.05) is 5.32 Å². The van der Waals surface area contributed by atoms with Crippen LogP contribution in [0.5, 0.6) is 0 Å². The zero-order chi connectivity index (χ0) is 20.5. The van der Waals surface area contributed by atoms with Crippen LogP contribution in [0, 0.1) is 5.92 Å². The number of fused-ring (bicyclic) bond motifs is 2. The van der Waals surface area contributed by atoms with E-state index in [2.05, 4.69) is 63.6 Å². The fraction of sp³-hybridized carbons (Fsp3) is 0.208. The van der Waals surface area contributed by atoms with Gasteiger partial charge in [-0.25, -0.2) is 9.97 Å². The summed E-state index contributed by atoms with van der Waals surface area (Å²) in [4.78, 5) is 12.8. The largest absolute Gasteiger partial charge is 0.358 e. The monoisotopic (exact) mass is 396 g/mol. The number of H-pyrrole nitrogens is 2. The van der Waals surface area contributed by atoms with E-state index < -0.39 is 0 Å². The van der Waals surface area contributed by atoms with Gasteiger partial charge in [0.1, 0.15) is 5.82 Å². The Morgan fingerprint density at radius 2 is 1.90 bits per heavy atom. The second-order valence-electron chi connectivity index (χ2n) is 8.09. The van der Waals surface area contributed by atoms with Gasteiger partial charge in [-0.15, -0.1) is 0 Å². The van der Waals surface area contributed by atoms with Crippen LogP contribution in [0.25, 0.3) is 33.2 Å². The van der Waals surface area contributed by atoms with Crippen molar-refractivity contribution in [3.05, 3.63) is 66.6 Å². The average Bonchev–Trinajstić information content (AvgIpc) is 3.38. The first-order valence-electron chi connectivity index (χ1n) is 10.3. The highest BCUT2D eigenvalue weighted by molar-refractivity contribution is 5.85. The molecule has 0 aliphatic heterocycles. The Morgan fingerprint density at radius 1 is 0.967 bits per heavy atom.